The monoisotopic (exact) mass is 311 g/mol. The average molecular weight is 312 g/mol. The quantitative estimate of drug-likeness (QED) is 0.663. The number of nitro benzene ring substituents is 1. The third-order valence-electron chi connectivity index (χ3n) is 3.92. The lowest BCUT2D eigenvalue weighted by molar-refractivity contribution is -0.385. The van der Waals surface area contributed by atoms with Crippen LogP contribution >= 0.6 is 11.6 Å². The van der Waals surface area contributed by atoms with Crippen LogP contribution in [0.5, 0.6) is 0 Å². The molecule has 1 heterocycles. The summed E-state index contributed by atoms with van der Waals surface area (Å²) in [7, 11) is 0. The largest absolute Gasteiger partial charge is 0.347 e. The molecule has 7 heteroatoms. The molecule has 0 aromatic heterocycles. The van der Waals surface area contributed by atoms with E-state index in [-0.39, 0.29) is 28.4 Å². The number of halogens is 1. The molecule has 1 aliphatic heterocycles. The van der Waals surface area contributed by atoms with Gasteiger partial charge in [0.2, 0.25) is 0 Å². The van der Waals surface area contributed by atoms with Crippen molar-refractivity contribution in [2.75, 3.05) is 6.54 Å². The van der Waals surface area contributed by atoms with Gasteiger partial charge in [0.25, 0.3) is 11.6 Å². The molecule has 1 aliphatic rings. The standard InChI is InChI=1S/C14H18ClN3O3/c1-8-5-6-16-9(2)13(8)17-14(19)11-4-3-10(15)7-12(11)18(20)21/h3-4,7-9,13,16H,5-6H2,1-2H3,(H,17,19). The van der Waals surface area contributed by atoms with Crippen molar-refractivity contribution in [3.05, 3.63) is 38.9 Å². The lowest BCUT2D eigenvalue weighted by Gasteiger charge is -2.35. The third kappa shape index (κ3) is 3.51. The number of amides is 1. The summed E-state index contributed by atoms with van der Waals surface area (Å²) >= 11 is 5.76. The van der Waals surface area contributed by atoms with E-state index in [0.29, 0.717) is 5.92 Å². The van der Waals surface area contributed by atoms with Crippen LogP contribution in [0, 0.1) is 16.0 Å². The van der Waals surface area contributed by atoms with Gasteiger partial charge in [-0.25, -0.2) is 0 Å². The number of carbonyl (C=O) groups excluding carboxylic acids is 1. The van der Waals surface area contributed by atoms with Gasteiger partial charge in [-0.3, -0.25) is 14.9 Å². The molecule has 1 aromatic carbocycles. The topological polar surface area (TPSA) is 84.3 Å². The molecular formula is C14H18ClN3O3. The SMILES string of the molecule is CC1CCNC(C)C1NC(=O)c1ccc(Cl)cc1[N+](=O)[O-]. The fourth-order valence-corrected chi connectivity index (χ4v) is 2.85. The summed E-state index contributed by atoms with van der Waals surface area (Å²) in [4.78, 5) is 22.8. The van der Waals surface area contributed by atoms with Crippen LogP contribution in [-0.2, 0) is 0 Å². The van der Waals surface area contributed by atoms with Crippen LogP contribution < -0.4 is 10.6 Å². The normalized spacial score (nSPS) is 25.4. The number of hydrogen-bond acceptors (Lipinski definition) is 4. The Morgan fingerprint density at radius 3 is 2.81 bits per heavy atom. The van der Waals surface area contributed by atoms with Gasteiger partial charge in [0.05, 0.1) is 4.92 Å². The number of carbonyl (C=O) groups is 1. The highest BCUT2D eigenvalue weighted by Crippen LogP contribution is 2.24. The molecule has 3 atom stereocenters. The maximum atomic E-state index is 12.4. The first kappa shape index (κ1) is 15.7. The minimum absolute atomic E-state index is 0.0365. The molecular weight excluding hydrogens is 294 g/mol. The van der Waals surface area contributed by atoms with Gasteiger partial charge in [0.15, 0.2) is 0 Å². The Balaban J connectivity index is 2.22. The molecule has 0 saturated carbocycles. The number of nitrogens with one attached hydrogen (secondary N) is 2. The number of nitro groups is 1. The summed E-state index contributed by atoms with van der Waals surface area (Å²) in [5.74, 6) is -0.123. The van der Waals surface area contributed by atoms with Crippen LogP contribution in [0.25, 0.3) is 0 Å². The predicted octanol–water partition coefficient (Wildman–Crippen LogP) is 2.36. The molecule has 0 spiro atoms. The summed E-state index contributed by atoms with van der Waals surface area (Å²) in [5, 5.41) is 17.5. The molecule has 1 amide bonds. The first-order chi connectivity index (χ1) is 9.90. The fraction of sp³-hybridized carbons (Fsp3) is 0.500. The van der Waals surface area contributed by atoms with Gasteiger partial charge in [-0.2, -0.15) is 0 Å². The molecule has 2 rings (SSSR count). The molecule has 114 valence electrons. The molecule has 1 fully saturated rings. The van der Waals surface area contributed by atoms with Gasteiger partial charge in [0, 0.05) is 23.2 Å². The van der Waals surface area contributed by atoms with Crippen LogP contribution in [0.4, 0.5) is 5.69 Å². The Hall–Kier alpha value is -1.66. The van der Waals surface area contributed by atoms with Crippen molar-refractivity contribution in [2.45, 2.75) is 32.4 Å². The van der Waals surface area contributed by atoms with Crippen molar-refractivity contribution in [1.29, 1.82) is 0 Å². The van der Waals surface area contributed by atoms with E-state index in [4.69, 9.17) is 11.6 Å². The second-order valence-corrected chi connectivity index (χ2v) is 5.86. The second-order valence-electron chi connectivity index (χ2n) is 5.43. The van der Waals surface area contributed by atoms with Gasteiger partial charge < -0.3 is 10.6 Å². The lowest BCUT2D eigenvalue weighted by Crippen LogP contribution is -2.55. The molecule has 21 heavy (non-hydrogen) atoms. The highest BCUT2D eigenvalue weighted by Gasteiger charge is 2.30. The lowest BCUT2D eigenvalue weighted by atomic mass is 9.89. The second kappa shape index (κ2) is 6.41. The first-order valence-corrected chi connectivity index (χ1v) is 7.26. The Morgan fingerprint density at radius 1 is 1.48 bits per heavy atom. The maximum Gasteiger partial charge on any atom is 0.283 e. The van der Waals surface area contributed by atoms with Crippen molar-refractivity contribution in [2.24, 2.45) is 5.92 Å². The molecule has 2 N–H and O–H groups in total. The average Bonchev–Trinajstić information content (AvgIpc) is 2.42. The number of piperidine rings is 1. The van der Waals surface area contributed by atoms with Crippen molar-refractivity contribution in [3.63, 3.8) is 0 Å². The number of hydrogen-bond donors (Lipinski definition) is 2. The summed E-state index contributed by atoms with van der Waals surface area (Å²) < 4.78 is 0. The van der Waals surface area contributed by atoms with E-state index in [1.54, 1.807) is 0 Å². The van der Waals surface area contributed by atoms with E-state index in [1.807, 2.05) is 6.92 Å². The van der Waals surface area contributed by atoms with E-state index < -0.39 is 10.8 Å². The molecule has 1 aromatic rings. The summed E-state index contributed by atoms with van der Waals surface area (Å²) in [6.07, 6.45) is 0.956. The van der Waals surface area contributed by atoms with Gasteiger partial charge in [-0.1, -0.05) is 18.5 Å². The minimum Gasteiger partial charge on any atom is -0.347 e. The Labute approximate surface area is 128 Å². The van der Waals surface area contributed by atoms with Gasteiger partial charge >= 0.3 is 0 Å². The summed E-state index contributed by atoms with van der Waals surface area (Å²) in [6.45, 7) is 4.98. The van der Waals surface area contributed by atoms with Crippen molar-refractivity contribution in [1.82, 2.24) is 10.6 Å². The smallest absolute Gasteiger partial charge is 0.283 e. The van der Waals surface area contributed by atoms with Gasteiger partial charge in [-0.05, 0) is 37.9 Å². The number of nitrogens with zero attached hydrogens (tertiary/aromatic N) is 1. The van der Waals surface area contributed by atoms with Crippen LogP contribution in [0.1, 0.15) is 30.6 Å². The highest BCUT2D eigenvalue weighted by atomic mass is 35.5. The van der Waals surface area contributed by atoms with Crippen molar-refractivity contribution < 1.29 is 9.72 Å². The maximum absolute atomic E-state index is 12.4. The fourth-order valence-electron chi connectivity index (χ4n) is 2.68. The van der Waals surface area contributed by atoms with Gasteiger partial charge in [-0.15, -0.1) is 0 Å². The van der Waals surface area contributed by atoms with Gasteiger partial charge in [0.1, 0.15) is 5.56 Å². The Kier molecular flexibility index (Phi) is 4.80. The molecule has 6 nitrogen and oxygen atoms in total. The zero-order valence-electron chi connectivity index (χ0n) is 11.9. The van der Waals surface area contributed by atoms with Crippen molar-refractivity contribution >= 4 is 23.2 Å². The van der Waals surface area contributed by atoms with E-state index >= 15 is 0 Å². The zero-order chi connectivity index (χ0) is 15.6. The molecule has 0 bridgehead atoms. The van der Waals surface area contributed by atoms with Crippen LogP contribution in [0.3, 0.4) is 0 Å². The van der Waals surface area contributed by atoms with E-state index in [2.05, 4.69) is 17.6 Å². The van der Waals surface area contributed by atoms with Crippen LogP contribution in [-0.4, -0.2) is 29.5 Å². The zero-order valence-corrected chi connectivity index (χ0v) is 12.7. The Morgan fingerprint density at radius 2 is 2.19 bits per heavy atom. The minimum atomic E-state index is -0.591. The molecule has 3 unspecified atom stereocenters. The Bertz CT molecular complexity index is 554. The van der Waals surface area contributed by atoms with Crippen LogP contribution in [0.2, 0.25) is 5.02 Å². The van der Waals surface area contributed by atoms with E-state index in [0.717, 1.165) is 13.0 Å². The van der Waals surface area contributed by atoms with Crippen LogP contribution in [0.15, 0.2) is 18.2 Å². The molecule has 1 saturated heterocycles. The third-order valence-corrected chi connectivity index (χ3v) is 4.15. The predicted molar refractivity (Wildman–Crippen MR) is 80.6 cm³/mol. The van der Waals surface area contributed by atoms with Crippen molar-refractivity contribution in [3.8, 4) is 0 Å². The van der Waals surface area contributed by atoms with E-state index in [1.165, 1.54) is 18.2 Å². The molecule has 0 radical (unpaired) electrons. The number of rotatable bonds is 3. The summed E-state index contributed by atoms with van der Waals surface area (Å²) in [6, 6.07) is 4.14. The number of benzene rings is 1. The first-order valence-electron chi connectivity index (χ1n) is 6.88. The highest BCUT2D eigenvalue weighted by molar-refractivity contribution is 6.31. The molecule has 0 aliphatic carbocycles. The van der Waals surface area contributed by atoms with E-state index in [9.17, 15) is 14.9 Å². The summed E-state index contributed by atoms with van der Waals surface area (Å²) in [5.41, 5.74) is -0.238.